The van der Waals surface area contributed by atoms with Gasteiger partial charge in [-0.05, 0) is 80.5 Å². The lowest BCUT2D eigenvalue weighted by molar-refractivity contribution is -0.364. The van der Waals surface area contributed by atoms with Crippen molar-refractivity contribution in [3.05, 3.63) is 0 Å². The summed E-state index contributed by atoms with van der Waals surface area (Å²) in [6, 6.07) is 0. The van der Waals surface area contributed by atoms with E-state index in [1.165, 1.54) is 19.8 Å². The first-order chi connectivity index (χ1) is 12.9. The largest absolute Gasteiger partial charge is 0.456 e. The van der Waals surface area contributed by atoms with E-state index >= 15 is 0 Å². The highest BCUT2D eigenvalue weighted by Gasteiger charge is 2.79. The van der Waals surface area contributed by atoms with Crippen molar-refractivity contribution >= 4 is 11.8 Å². The Balaban J connectivity index is 1.47. The van der Waals surface area contributed by atoms with Crippen LogP contribution in [0, 0.1) is 34.5 Å². The minimum Gasteiger partial charge on any atom is -0.383 e. The molecule has 0 aromatic rings. The van der Waals surface area contributed by atoms with Gasteiger partial charge in [0.15, 0.2) is 0 Å². The van der Waals surface area contributed by atoms with Gasteiger partial charge in [-0.25, -0.2) is 0 Å². The van der Waals surface area contributed by atoms with Crippen LogP contribution in [0.3, 0.4) is 0 Å². The highest BCUT2D eigenvalue weighted by molar-refractivity contribution is 8.07. The van der Waals surface area contributed by atoms with Crippen molar-refractivity contribution in [2.24, 2.45) is 34.5 Å². The first-order valence-corrected chi connectivity index (χ1v) is 11.6. The molecule has 0 aromatic carbocycles. The second-order valence-electron chi connectivity index (χ2n) is 10.7. The normalized spacial score (nSPS) is 55.7. The van der Waals surface area contributed by atoms with Crippen molar-refractivity contribution in [2.45, 2.75) is 93.4 Å². The molecule has 0 bridgehead atoms. The molecular formula is C21H29F5OS. The molecule has 0 aromatic heterocycles. The first kappa shape index (κ1) is 19.9. The van der Waals surface area contributed by atoms with Gasteiger partial charge < -0.3 is 5.11 Å². The van der Waals surface area contributed by atoms with Gasteiger partial charge >= 0.3 is 12.1 Å². The summed E-state index contributed by atoms with van der Waals surface area (Å²) in [4.78, 5) is 0. The highest BCUT2D eigenvalue weighted by atomic mass is 32.2. The molecule has 9 atom stereocenters. The van der Waals surface area contributed by atoms with Gasteiger partial charge in [0, 0.05) is 15.9 Å². The van der Waals surface area contributed by atoms with E-state index in [2.05, 4.69) is 18.7 Å². The smallest absolute Gasteiger partial charge is 0.383 e. The molecule has 5 fully saturated rings. The van der Waals surface area contributed by atoms with E-state index in [0.717, 1.165) is 23.3 Å². The number of alkyl halides is 5. The van der Waals surface area contributed by atoms with E-state index in [1.807, 2.05) is 0 Å². The topological polar surface area (TPSA) is 20.2 Å². The van der Waals surface area contributed by atoms with Crippen LogP contribution >= 0.6 is 11.8 Å². The summed E-state index contributed by atoms with van der Waals surface area (Å²) in [6.07, 6.45) is -0.572. The Hall–Kier alpha value is -0.0400. The van der Waals surface area contributed by atoms with Crippen molar-refractivity contribution in [3.8, 4) is 0 Å². The molecule has 1 aliphatic heterocycles. The second kappa shape index (κ2) is 5.60. The average Bonchev–Trinajstić information content (AvgIpc) is 3.27. The summed E-state index contributed by atoms with van der Waals surface area (Å²) in [5.41, 5.74) is -4.18. The SMILES string of the molecule is C[C@]12C[C@H]3S[C@H]3C[C@@H]1CC[C@@H]1[C@@H]2CC[C@@]2(C)[C@H]1CC[C@@]2(O)C(F)(F)C(F)(F)F. The van der Waals surface area contributed by atoms with Crippen LogP contribution in [0.25, 0.3) is 0 Å². The zero-order chi connectivity index (χ0) is 20.3. The van der Waals surface area contributed by atoms with Gasteiger partial charge in [0.2, 0.25) is 0 Å². The van der Waals surface area contributed by atoms with Crippen molar-refractivity contribution in [2.75, 3.05) is 0 Å². The molecule has 0 unspecified atom stereocenters. The van der Waals surface area contributed by atoms with E-state index in [-0.39, 0.29) is 30.1 Å². The van der Waals surface area contributed by atoms with Crippen LogP contribution in [0.5, 0.6) is 0 Å². The van der Waals surface area contributed by atoms with Crippen LogP contribution in [-0.4, -0.2) is 33.3 Å². The Morgan fingerprint density at radius 2 is 1.57 bits per heavy atom. The first-order valence-electron chi connectivity index (χ1n) is 10.7. The van der Waals surface area contributed by atoms with Crippen LogP contribution in [0.15, 0.2) is 0 Å². The van der Waals surface area contributed by atoms with E-state index < -0.39 is 29.5 Å². The Morgan fingerprint density at radius 1 is 0.893 bits per heavy atom. The van der Waals surface area contributed by atoms with Gasteiger partial charge in [0.25, 0.3) is 0 Å². The maximum atomic E-state index is 14.5. The predicted molar refractivity (Wildman–Crippen MR) is 98.2 cm³/mol. The Morgan fingerprint density at radius 3 is 2.25 bits per heavy atom. The lowest BCUT2D eigenvalue weighted by Gasteiger charge is -2.61. The number of fused-ring (bicyclic) bond motifs is 6. The summed E-state index contributed by atoms with van der Waals surface area (Å²) in [6.45, 7) is 3.88. The number of rotatable bonds is 1. The fourth-order valence-corrected chi connectivity index (χ4v) is 9.65. The minimum atomic E-state index is -5.72. The number of hydrogen-bond donors (Lipinski definition) is 1. The monoisotopic (exact) mass is 424 g/mol. The summed E-state index contributed by atoms with van der Waals surface area (Å²) in [5, 5.41) is 12.4. The predicted octanol–water partition coefficient (Wildman–Crippen LogP) is 6.05. The molecule has 160 valence electrons. The highest BCUT2D eigenvalue weighted by Crippen LogP contribution is 2.73. The number of thioether (sulfide) groups is 1. The molecule has 1 N–H and O–H groups in total. The Labute approximate surface area is 167 Å². The van der Waals surface area contributed by atoms with Crippen LogP contribution in [0.1, 0.15) is 65.2 Å². The molecule has 0 radical (unpaired) electrons. The Kier molecular flexibility index (Phi) is 3.98. The second-order valence-corrected chi connectivity index (χ2v) is 12.2. The molecule has 4 aliphatic carbocycles. The van der Waals surface area contributed by atoms with Gasteiger partial charge in [-0.1, -0.05) is 13.8 Å². The van der Waals surface area contributed by atoms with Crippen molar-refractivity contribution < 1.29 is 27.1 Å². The van der Waals surface area contributed by atoms with Crippen molar-refractivity contribution in [3.63, 3.8) is 0 Å². The van der Waals surface area contributed by atoms with Gasteiger partial charge in [-0.2, -0.15) is 33.7 Å². The number of aliphatic hydroxyl groups is 1. The zero-order valence-corrected chi connectivity index (χ0v) is 17.2. The lowest BCUT2D eigenvalue weighted by atomic mass is 9.44. The van der Waals surface area contributed by atoms with Gasteiger partial charge in [-0.3, -0.25) is 0 Å². The number of halogens is 5. The molecule has 5 aliphatic rings. The van der Waals surface area contributed by atoms with Gasteiger partial charge in [0.1, 0.15) is 5.60 Å². The third-order valence-electron chi connectivity index (χ3n) is 9.94. The molecule has 0 amide bonds. The van der Waals surface area contributed by atoms with Gasteiger partial charge in [0.05, 0.1) is 0 Å². The van der Waals surface area contributed by atoms with E-state index in [9.17, 15) is 27.1 Å². The molecule has 0 spiro atoms. The van der Waals surface area contributed by atoms with Crippen LogP contribution in [-0.2, 0) is 0 Å². The van der Waals surface area contributed by atoms with E-state index in [1.54, 1.807) is 0 Å². The maximum absolute atomic E-state index is 14.5. The molecule has 7 heteroatoms. The third-order valence-corrected chi connectivity index (χ3v) is 11.3. The van der Waals surface area contributed by atoms with E-state index in [4.69, 9.17) is 0 Å². The standard InChI is InChI=1S/C21H29F5OS/c1-17-10-16-15(28-16)9-11(17)3-4-12-13(17)5-7-18(2)14(12)6-8-19(18,27)20(22,23)21(24,25)26/h11-16,27H,3-10H2,1-2H3/t11-,12+,13-,14-,15-,16+,17-,18-,19-/m0/s1. The van der Waals surface area contributed by atoms with Crippen LogP contribution in [0.2, 0.25) is 0 Å². The van der Waals surface area contributed by atoms with Gasteiger partial charge in [-0.15, -0.1) is 0 Å². The minimum absolute atomic E-state index is 0.165. The van der Waals surface area contributed by atoms with Crippen LogP contribution in [0.4, 0.5) is 22.0 Å². The summed E-state index contributed by atoms with van der Waals surface area (Å²) in [5.74, 6) is -4.09. The maximum Gasteiger partial charge on any atom is 0.456 e. The zero-order valence-electron chi connectivity index (χ0n) is 16.4. The van der Waals surface area contributed by atoms with E-state index in [0.29, 0.717) is 18.3 Å². The number of hydrogen-bond acceptors (Lipinski definition) is 2. The molecular weight excluding hydrogens is 395 g/mol. The molecule has 1 saturated heterocycles. The summed E-state index contributed by atoms with van der Waals surface area (Å²) >= 11 is 2.06. The van der Waals surface area contributed by atoms with Crippen molar-refractivity contribution in [1.29, 1.82) is 0 Å². The summed E-state index contributed by atoms with van der Waals surface area (Å²) in [7, 11) is 0. The fourth-order valence-electron chi connectivity index (χ4n) is 8.29. The Bertz CT molecular complexity index is 682. The molecule has 28 heavy (non-hydrogen) atoms. The fraction of sp³-hybridized carbons (Fsp3) is 1.00. The van der Waals surface area contributed by atoms with Crippen molar-refractivity contribution in [1.82, 2.24) is 0 Å². The molecule has 1 nitrogen and oxygen atoms in total. The lowest BCUT2D eigenvalue weighted by Crippen LogP contribution is -2.66. The summed E-state index contributed by atoms with van der Waals surface area (Å²) < 4.78 is 68.6. The third kappa shape index (κ3) is 2.24. The molecule has 1 heterocycles. The molecule has 5 rings (SSSR count). The van der Waals surface area contributed by atoms with Crippen LogP contribution < -0.4 is 0 Å². The quantitative estimate of drug-likeness (QED) is 0.408. The molecule has 4 saturated carbocycles. The average molecular weight is 425 g/mol.